The van der Waals surface area contributed by atoms with Crippen LogP contribution >= 0.6 is 0 Å². The maximum Gasteiger partial charge on any atom is 0.416 e. The van der Waals surface area contributed by atoms with Gasteiger partial charge in [-0.3, -0.25) is 0 Å². The Bertz CT molecular complexity index is 612. The first-order chi connectivity index (χ1) is 10.4. The lowest BCUT2D eigenvalue weighted by atomic mass is 10.1. The van der Waals surface area contributed by atoms with Crippen molar-refractivity contribution in [3.8, 4) is 11.5 Å². The summed E-state index contributed by atoms with van der Waals surface area (Å²) >= 11 is 0. The monoisotopic (exact) mass is 311 g/mol. The zero-order chi connectivity index (χ0) is 16.2. The van der Waals surface area contributed by atoms with Crippen LogP contribution in [0.25, 0.3) is 0 Å². The van der Waals surface area contributed by atoms with E-state index in [1.54, 1.807) is 31.4 Å². The smallest absolute Gasteiger partial charge is 0.416 e. The lowest BCUT2D eigenvalue weighted by Gasteiger charge is -2.15. The van der Waals surface area contributed by atoms with E-state index in [2.05, 4.69) is 0 Å². The molecule has 2 N–H and O–H groups in total. The predicted octanol–water partition coefficient (Wildman–Crippen LogP) is 3.79. The number of halogens is 3. The maximum absolute atomic E-state index is 12.5. The third-order valence-electron chi connectivity index (χ3n) is 3.14. The van der Waals surface area contributed by atoms with Crippen LogP contribution in [0.3, 0.4) is 0 Å². The number of hydrogen-bond donors (Lipinski definition) is 1. The molecule has 1 unspecified atom stereocenters. The lowest BCUT2D eigenvalue weighted by Crippen LogP contribution is -2.19. The molecule has 0 aliphatic carbocycles. The van der Waals surface area contributed by atoms with Crippen molar-refractivity contribution in [3.05, 3.63) is 59.7 Å². The van der Waals surface area contributed by atoms with E-state index in [9.17, 15) is 13.2 Å². The van der Waals surface area contributed by atoms with Crippen LogP contribution in [-0.4, -0.2) is 13.7 Å². The average molecular weight is 311 g/mol. The summed E-state index contributed by atoms with van der Waals surface area (Å²) in [6, 6.07) is 11.3. The van der Waals surface area contributed by atoms with E-state index >= 15 is 0 Å². The summed E-state index contributed by atoms with van der Waals surface area (Å²) in [4.78, 5) is 0. The fraction of sp³-hybridized carbons (Fsp3) is 0.250. The quantitative estimate of drug-likeness (QED) is 0.913. The second kappa shape index (κ2) is 6.70. The molecule has 0 saturated carbocycles. The molecule has 1 atom stereocenters. The van der Waals surface area contributed by atoms with Gasteiger partial charge in [0.15, 0.2) is 0 Å². The second-order valence-corrected chi connectivity index (χ2v) is 4.72. The fourth-order valence-corrected chi connectivity index (χ4v) is 1.89. The Labute approximate surface area is 126 Å². The molecule has 3 nitrogen and oxygen atoms in total. The number of rotatable bonds is 5. The Hall–Kier alpha value is -2.21. The minimum atomic E-state index is -4.35. The van der Waals surface area contributed by atoms with Crippen molar-refractivity contribution in [1.29, 1.82) is 0 Å². The Morgan fingerprint density at radius 2 is 1.68 bits per heavy atom. The fourth-order valence-electron chi connectivity index (χ4n) is 1.89. The second-order valence-electron chi connectivity index (χ2n) is 4.72. The molecule has 0 spiro atoms. The Morgan fingerprint density at radius 1 is 1.05 bits per heavy atom. The first kappa shape index (κ1) is 16.2. The zero-order valence-electron chi connectivity index (χ0n) is 11.9. The molecule has 118 valence electrons. The maximum atomic E-state index is 12.5. The van der Waals surface area contributed by atoms with Gasteiger partial charge in [-0.25, -0.2) is 0 Å². The molecule has 0 aliphatic rings. The van der Waals surface area contributed by atoms with Gasteiger partial charge < -0.3 is 15.2 Å². The van der Waals surface area contributed by atoms with Gasteiger partial charge >= 0.3 is 6.18 Å². The van der Waals surface area contributed by atoms with Crippen LogP contribution in [-0.2, 0) is 6.18 Å². The van der Waals surface area contributed by atoms with Gasteiger partial charge in [0.05, 0.1) is 18.7 Å². The van der Waals surface area contributed by atoms with Crippen molar-refractivity contribution in [2.24, 2.45) is 5.73 Å². The van der Waals surface area contributed by atoms with Crippen molar-refractivity contribution < 1.29 is 22.6 Å². The van der Waals surface area contributed by atoms with Crippen molar-refractivity contribution >= 4 is 0 Å². The summed E-state index contributed by atoms with van der Waals surface area (Å²) in [5.74, 6) is 1.24. The van der Waals surface area contributed by atoms with Crippen LogP contribution < -0.4 is 15.2 Å². The van der Waals surface area contributed by atoms with Crippen LogP contribution in [0.2, 0.25) is 0 Å². The zero-order valence-corrected chi connectivity index (χ0v) is 11.9. The molecule has 0 aliphatic heterocycles. The normalized spacial score (nSPS) is 12.8. The first-order valence-corrected chi connectivity index (χ1v) is 6.60. The highest BCUT2D eigenvalue weighted by atomic mass is 19.4. The molecule has 22 heavy (non-hydrogen) atoms. The Morgan fingerprint density at radius 3 is 2.27 bits per heavy atom. The molecule has 0 bridgehead atoms. The molecular formula is C16H16F3NO2. The third kappa shape index (κ3) is 4.14. The average Bonchev–Trinajstić information content (AvgIpc) is 2.52. The standard InChI is InChI=1S/C16H16F3NO2/c1-21-13-3-2-4-14(9-13)22-10-15(20)11-5-7-12(8-6-11)16(17,18)19/h2-9,15H,10,20H2,1H3. The SMILES string of the molecule is COc1cccc(OCC(N)c2ccc(C(F)(F)F)cc2)c1. The summed E-state index contributed by atoms with van der Waals surface area (Å²) in [5.41, 5.74) is 5.82. The lowest BCUT2D eigenvalue weighted by molar-refractivity contribution is -0.137. The van der Waals surface area contributed by atoms with E-state index in [1.807, 2.05) is 0 Å². The number of alkyl halides is 3. The molecule has 0 fully saturated rings. The number of nitrogens with two attached hydrogens (primary N) is 1. The van der Waals surface area contributed by atoms with E-state index < -0.39 is 17.8 Å². The molecule has 0 amide bonds. The highest BCUT2D eigenvalue weighted by Crippen LogP contribution is 2.29. The number of benzene rings is 2. The van der Waals surface area contributed by atoms with E-state index in [0.717, 1.165) is 12.1 Å². The molecular weight excluding hydrogens is 295 g/mol. The first-order valence-electron chi connectivity index (χ1n) is 6.60. The molecule has 6 heteroatoms. The highest BCUT2D eigenvalue weighted by molar-refractivity contribution is 5.33. The van der Waals surface area contributed by atoms with Crippen molar-refractivity contribution in [1.82, 2.24) is 0 Å². The molecule has 0 saturated heterocycles. The molecule has 2 aromatic rings. The summed E-state index contributed by atoms with van der Waals surface area (Å²) < 4.78 is 48.1. The third-order valence-corrected chi connectivity index (χ3v) is 3.14. The van der Waals surface area contributed by atoms with Gasteiger partial charge in [-0.2, -0.15) is 13.2 Å². The minimum Gasteiger partial charge on any atom is -0.497 e. The predicted molar refractivity (Wildman–Crippen MR) is 76.9 cm³/mol. The highest BCUT2D eigenvalue weighted by Gasteiger charge is 2.30. The van der Waals surface area contributed by atoms with Gasteiger partial charge in [0.25, 0.3) is 0 Å². The van der Waals surface area contributed by atoms with E-state index in [0.29, 0.717) is 17.1 Å². The molecule has 2 aromatic carbocycles. The number of hydrogen-bond acceptors (Lipinski definition) is 3. The van der Waals surface area contributed by atoms with Crippen LogP contribution in [0, 0.1) is 0 Å². The van der Waals surface area contributed by atoms with Crippen molar-refractivity contribution in [2.45, 2.75) is 12.2 Å². The van der Waals surface area contributed by atoms with Crippen LogP contribution in [0.1, 0.15) is 17.2 Å². The van der Waals surface area contributed by atoms with Gasteiger partial charge in [0, 0.05) is 6.07 Å². The van der Waals surface area contributed by atoms with Gasteiger partial charge in [-0.1, -0.05) is 18.2 Å². The van der Waals surface area contributed by atoms with E-state index in [4.69, 9.17) is 15.2 Å². The van der Waals surface area contributed by atoms with Crippen molar-refractivity contribution in [2.75, 3.05) is 13.7 Å². The van der Waals surface area contributed by atoms with Crippen LogP contribution in [0.15, 0.2) is 48.5 Å². The van der Waals surface area contributed by atoms with Crippen LogP contribution in [0.4, 0.5) is 13.2 Å². The number of ether oxygens (including phenoxy) is 2. The molecule has 0 radical (unpaired) electrons. The Balaban J connectivity index is 1.98. The van der Waals surface area contributed by atoms with Gasteiger partial charge in [0.1, 0.15) is 18.1 Å². The van der Waals surface area contributed by atoms with Gasteiger partial charge in [-0.15, -0.1) is 0 Å². The molecule has 2 rings (SSSR count). The van der Waals surface area contributed by atoms with Gasteiger partial charge in [0.2, 0.25) is 0 Å². The molecule has 0 heterocycles. The van der Waals surface area contributed by atoms with Gasteiger partial charge in [-0.05, 0) is 29.8 Å². The summed E-state index contributed by atoms with van der Waals surface area (Å²) in [6.45, 7) is 0.151. The summed E-state index contributed by atoms with van der Waals surface area (Å²) in [7, 11) is 1.55. The largest absolute Gasteiger partial charge is 0.497 e. The summed E-state index contributed by atoms with van der Waals surface area (Å²) in [5, 5.41) is 0. The van der Waals surface area contributed by atoms with E-state index in [1.165, 1.54) is 12.1 Å². The minimum absolute atomic E-state index is 0.151. The summed E-state index contributed by atoms with van der Waals surface area (Å²) in [6.07, 6.45) is -4.35. The van der Waals surface area contributed by atoms with Crippen molar-refractivity contribution in [3.63, 3.8) is 0 Å². The molecule has 0 aromatic heterocycles. The van der Waals surface area contributed by atoms with Crippen LogP contribution in [0.5, 0.6) is 11.5 Å². The Kier molecular flexibility index (Phi) is 4.92. The topological polar surface area (TPSA) is 44.5 Å². The number of methoxy groups -OCH3 is 1. The van der Waals surface area contributed by atoms with E-state index in [-0.39, 0.29) is 6.61 Å².